The number of rotatable bonds is 3. The summed E-state index contributed by atoms with van der Waals surface area (Å²) in [5.74, 6) is 1.07. The Kier molecular flexibility index (Phi) is 5.78. The lowest BCUT2D eigenvalue weighted by Gasteiger charge is -2.20. The molecule has 4 rings (SSSR count). The molecule has 0 unspecified atom stereocenters. The van der Waals surface area contributed by atoms with Gasteiger partial charge in [-0.1, -0.05) is 66.7 Å². The van der Waals surface area contributed by atoms with Crippen LogP contribution in [0.4, 0.5) is 11.4 Å². The summed E-state index contributed by atoms with van der Waals surface area (Å²) < 4.78 is 0. The summed E-state index contributed by atoms with van der Waals surface area (Å²) in [7, 11) is 0. The van der Waals surface area contributed by atoms with Gasteiger partial charge in [-0.15, -0.1) is 5.06 Å². The Bertz CT molecular complexity index is 1040. The van der Waals surface area contributed by atoms with Gasteiger partial charge in [-0.2, -0.15) is 4.99 Å². The van der Waals surface area contributed by atoms with Crippen molar-refractivity contribution < 1.29 is 4.84 Å². The lowest BCUT2D eigenvalue weighted by atomic mass is 10.2. The molecule has 1 aliphatic rings. The number of hydroxylamine groups is 2. The number of para-hydroxylation sites is 2. The highest BCUT2D eigenvalue weighted by Gasteiger charge is 2.14. The van der Waals surface area contributed by atoms with E-state index < -0.39 is 0 Å². The molecule has 0 amide bonds. The molecule has 0 saturated heterocycles. The molecular formula is C24H20N4O. The lowest BCUT2D eigenvalue weighted by molar-refractivity contribution is 0.0109. The van der Waals surface area contributed by atoms with Crippen molar-refractivity contribution in [2.24, 2.45) is 9.98 Å². The van der Waals surface area contributed by atoms with Crippen LogP contribution in [0.5, 0.6) is 0 Å². The minimum atomic E-state index is 0.402. The molecule has 3 aromatic rings. The molecule has 0 atom stereocenters. The van der Waals surface area contributed by atoms with E-state index in [1.165, 1.54) is 5.06 Å². The molecule has 1 heterocycles. The Morgan fingerprint density at radius 3 is 2.07 bits per heavy atom. The molecule has 0 fully saturated rings. The number of amidine groups is 1. The van der Waals surface area contributed by atoms with Gasteiger partial charge in [0.2, 0.25) is 0 Å². The molecule has 0 radical (unpaired) electrons. The van der Waals surface area contributed by atoms with Gasteiger partial charge in [-0.25, -0.2) is 4.99 Å². The van der Waals surface area contributed by atoms with E-state index in [0.717, 1.165) is 16.9 Å². The Hall–Kier alpha value is -4.12. The highest BCUT2D eigenvalue weighted by molar-refractivity contribution is 6.13. The van der Waals surface area contributed by atoms with Crippen molar-refractivity contribution in [1.29, 1.82) is 0 Å². The summed E-state index contributed by atoms with van der Waals surface area (Å²) in [6.45, 7) is 0. The first-order chi connectivity index (χ1) is 14.4. The Morgan fingerprint density at radius 1 is 0.759 bits per heavy atom. The van der Waals surface area contributed by atoms with Gasteiger partial charge in [-0.3, -0.25) is 0 Å². The van der Waals surface area contributed by atoms with Crippen LogP contribution in [0.2, 0.25) is 0 Å². The fourth-order valence-corrected chi connectivity index (χ4v) is 2.68. The number of anilines is 1. The number of aliphatic imine (C=N–C) groups is 2. The van der Waals surface area contributed by atoms with Crippen molar-refractivity contribution >= 4 is 23.2 Å². The van der Waals surface area contributed by atoms with Crippen LogP contribution in [0.1, 0.15) is 5.56 Å². The molecule has 0 spiro atoms. The highest BCUT2D eigenvalue weighted by Crippen LogP contribution is 2.16. The second-order valence-corrected chi connectivity index (χ2v) is 6.17. The van der Waals surface area contributed by atoms with E-state index in [2.05, 4.69) is 5.32 Å². The van der Waals surface area contributed by atoms with Crippen molar-refractivity contribution in [3.05, 3.63) is 121 Å². The van der Waals surface area contributed by atoms with Crippen LogP contribution in [0.15, 0.2) is 126 Å². The van der Waals surface area contributed by atoms with Crippen LogP contribution in [-0.4, -0.2) is 16.9 Å². The van der Waals surface area contributed by atoms with E-state index in [1.54, 1.807) is 18.5 Å². The SMILES string of the molecule is C1=CON(C(=Nc2ccccc2)/N=C(\Nc2ccccc2)c2ccccc2)C=C1. The maximum Gasteiger partial charge on any atom is 0.266 e. The van der Waals surface area contributed by atoms with Crippen LogP contribution >= 0.6 is 0 Å². The minimum Gasteiger partial charge on any atom is -0.380 e. The van der Waals surface area contributed by atoms with Gasteiger partial charge in [0.15, 0.2) is 0 Å². The summed E-state index contributed by atoms with van der Waals surface area (Å²) in [5.41, 5.74) is 2.66. The van der Waals surface area contributed by atoms with Gasteiger partial charge in [0.25, 0.3) is 5.96 Å². The maximum atomic E-state index is 5.60. The maximum absolute atomic E-state index is 5.60. The summed E-state index contributed by atoms with van der Waals surface area (Å²) in [6, 6.07) is 29.5. The second kappa shape index (κ2) is 9.19. The fourth-order valence-electron chi connectivity index (χ4n) is 2.68. The monoisotopic (exact) mass is 380 g/mol. The number of allylic oxidation sites excluding steroid dienone is 2. The van der Waals surface area contributed by atoms with Crippen molar-refractivity contribution in [1.82, 2.24) is 5.06 Å². The molecule has 3 aromatic carbocycles. The Balaban J connectivity index is 1.77. The van der Waals surface area contributed by atoms with Crippen LogP contribution in [0.25, 0.3) is 0 Å². The van der Waals surface area contributed by atoms with Gasteiger partial charge in [-0.05, 0) is 36.4 Å². The molecule has 5 heteroatoms. The van der Waals surface area contributed by atoms with E-state index in [0.29, 0.717) is 11.8 Å². The van der Waals surface area contributed by atoms with Crippen molar-refractivity contribution in [3.63, 3.8) is 0 Å². The van der Waals surface area contributed by atoms with E-state index in [-0.39, 0.29) is 0 Å². The number of nitrogens with one attached hydrogen (secondary N) is 1. The third-order valence-corrected chi connectivity index (χ3v) is 4.06. The predicted molar refractivity (Wildman–Crippen MR) is 118 cm³/mol. The molecule has 0 saturated carbocycles. The molecule has 1 aliphatic heterocycles. The first kappa shape index (κ1) is 18.3. The normalized spacial score (nSPS) is 13.9. The molecule has 0 aromatic heterocycles. The molecule has 0 bridgehead atoms. The number of guanidine groups is 1. The number of hydrogen-bond acceptors (Lipinski definition) is 2. The lowest BCUT2D eigenvalue weighted by Crippen LogP contribution is -2.26. The van der Waals surface area contributed by atoms with Crippen molar-refractivity contribution in [3.8, 4) is 0 Å². The molecule has 1 N–H and O–H groups in total. The van der Waals surface area contributed by atoms with E-state index in [4.69, 9.17) is 14.8 Å². The Morgan fingerprint density at radius 2 is 1.41 bits per heavy atom. The van der Waals surface area contributed by atoms with Crippen molar-refractivity contribution in [2.75, 3.05) is 5.32 Å². The summed E-state index contributed by atoms with van der Waals surface area (Å²) in [6.07, 6.45) is 7.03. The first-order valence-corrected chi connectivity index (χ1v) is 9.28. The zero-order chi connectivity index (χ0) is 19.7. The van der Waals surface area contributed by atoms with Gasteiger partial charge in [0.05, 0.1) is 5.69 Å². The number of hydrogen-bond donors (Lipinski definition) is 1. The highest BCUT2D eigenvalue weighted by atomic mass is 16.7. The molecule has 0 aliphatic carbocycles. The average Bonchev–Trinajstić information content (AvgIpc) is 2.81. The summed E-state index contributed by atoms with van der Waals surface area (Å²) in [5, 5.41) is 4.93. The zero-order valence-electron chi connectivity index (χ0n) is 15.7. The number of benzene rings is 3. The molecule has 142 valence electrons. The predicted octanol–water partition coefficient (Wildman–Crippen LogP) is 5.51. The van der Waals surface area contributed by atoms with Crippen LogP contribution in [-0.2, 0) is 4.84 Å². The topological polar surface area (TPSA) is 49.2 Å². The largest absolute Gasteiger partial charge is 0.380 e. The fraction of sp³-hybridized carbons (Fsp3) is 0. The zero-order valence-corrected chi connectivity index (χ0v) is 15.7. The van der Waals surface area contributed by atoms with Gasteiger partial charge in [0, 0.05) is 17.5 Å². The smallest absolute Gasteiger partial charge is 0.266 e. The van der Waals surface area contributed by atoms with Crippen LogP contribution in [0, 0.1) is 0 Å². The number of nitrogens with zero attached hydrogens (tertiary/aromatic N) is 3. The summed E-state index contributed by atoms with van der Waals surface area (Å²) in [4.78, 5) is 15.1. The quantitative estimate of drug-likeness (QED) is 0.482. The third-order valence-electron chi connectivity index (χ3n) is 4.06. The molecule has 5 nitrogen and oxygen atoms in total. The summed E-state index contributed by atoms with van der Waals surface area (Å²) >= 11 is 0. The van der Waals surface area contributed by atoms with Gasteiger partial charge >= 0.3 is 0 Å². The molecular weight excluding hydrogens is 360 g/mol. The standard InChI is InChI=1S/C24H20N4O/c1-4-12-20(13-5-1)23(25-21-14-6-2-7-15-21)27-24(28-18-10-11-19-29-28)26-22-16-8-3-9-17-22/h1-19H,(H,25,26,27). The van der Waals surface area contributed by atoms with Crippen LogP contribution in [0.3, 0.4) is 0 Å². The third kappa shape index (κ3) is 4.99. The molecule has 29 heavy (non-hydrogen) atoms. The first-order valence-electron chi connectivity index (χ1n) is 9.28. The Labute approximate surface area is 170 Å². The average molecular weight is 380 g/mol. The van der Waals surface area contributed by atoms with E-state index in [1.807, 2.05) is 97.1 Å². The van der Waals surface area contributed by atoms with Crippen molar-refractivity contribution in [2.45, 2.75) is 0 Å². The van der Waals surface area contributed by atoms with E-state index >= 15 is 0 Å². The minimum absolute atomic E-state index is 0.402. The van der Waals surface area contributed by atoms with E-state index in [9.17, 15) is 0 Å². The van der Waals surface area contributed by atoms with Crippen LogP contribution < -0.4 is 5.32 Å². The van der Waals surface area contributed by atoms with Gasteiger partial charge < -0.3 is 10.2 Å². The second-order valence-electron chi connectivity index (χ2n) is 6.17. The van der Waals surface area contributed by atoms with Gasteiger partial charge in [0.1, 0.15) is 12.1 Å².